The Morgan fingerprint density at radius 2 is 1.90 bits per heavy atom. The van der Waals surface area contributed by atoms with E-state index >= 15 is 0 Å². The van der Waals surface area contributed by atoms with E-state index in [0.717, 1.165) is 11.3 Å². The predicted octanol–water partition coefficient (Wildman–Crippen LogP) is 3.73. The third-order valence-corrected chi connectivity index (χ3v) is 3.40. The van der Waals surface area contributed by atoms with Crippen LogP contribution in [0.25, 0.3) is 0 Å². The smallest absolute Gasteiger partial charge is 0.340 e. The molecule has 104 valence electrons. The Morgan fingerprint density at radius 1 is 1.20 bits per heavy atom. The summed E-state index contributed by atoms with van der Waals surface area (Å²) in [6.07, 6.45) is 0. The molecule has 4 nitrogen and oxygen atoms in total. The standard InChI is InChI=1S/C15H13BrO4/c1-19-11-7-5-10(6-8-11)9-20-13-4-2-3-12(16)14(13)15(17)18/h2-8H,9H2,1H3,(H,17,18). The van der Waals surface area contributed by atoms with E-state index in [0.29, 0.717) is 16.8 Å². The number of halogens is 1. The molecule has 2 rings (SSSR count). The van der Waals surface area contributed by atoms with Crippen molar-refractivity contribution in [3.8, 4) is 11.5 Å². The van der Waals surface area contributed by atoms with E-state index in [1.54, 1.807) is 25.3 Å². The number of carboxylic acid groups (broad SMARTS) is 1. The molecule has 0 spiro atoms. The van der Waals surface area contributed by atoms with Gasteiger partial charge in [-0.2, -0.15) is 0 Å². The van der Waals surface area contributed by atoms with Crippen molar-refractivity contribution in [2.24, 2.45) is 0 Å². The van der Waals surface area contributed by atoms with E-state index < -0.39 is 5.97 Å². The van der Waals surface area contributed by atoms with Crippen LogP contribution >= 0.6 is 15.9 Å². The first-order valence-electron chi connectivity index (χ1n) is 5.89. The molecule has 2 aromatic rings. The molecular formula is C15H13BrO4. The Labute approximate surface area is 125 Å². The Morgan fingerprint density at radius 3 is 2.50 bits per heavy atom. The SMILES string of the molecule is COc1ccc(COc2cccc(Br)c2C(=O)O)cc1. The molecule has 0 saturated heterocycles. The number of methoxy groups -OCH3 is 1. The number of rotatable bonds is 5. The zero-order valence-corrected chi connectivity index (χ0v) is 12.4. The highest BCUT2D eigenvalue weighted by atomic mass is 79.9. The molecule has 0 radical (unpaired) electrons. The molecule has 1 N–H and O–H groups in total. The van der Waals surface area contributed by atoms with E-state index in [2.05, 4.69) is 15.9 Å². The van der Waals surface area contributed by atoms with Crippen LogP contribution in [0.2, 0.25) is 0 Å². The van der Waals surface area contributed by atoms with Gasteiger partial charge in [-0.1, -0.05) is 18.2 Å². The number of hydrogen-bond donors (Lipinski definition) is 1. The number of benzene rings is 2. The minimum Gasteiger partial charge on any atom is -0.497 e. The fourth-order valence-corrected chi connectivity index (χ4v) is 2.23. The highest BCUT2D eigenvalue weighted by Gasteiger charge is 2.15. The third-order valence-electron chi connectivity index (χ3n) is 2.74. The van der Waals surface area contributed by atoms with Gasteiger partial charge in [0.2, 0.25) is 0 Å². The second-order valence-corrected chi connectivity index (χ2v) is 4.91. The highest BCUT2D eigenvalue weighted by molar-refractivity contribution is 9.10. The molecule has 0 heterocycles. The maximum absolute atomic E-state index is 11.2. The fraction of sp³-hybridized carbons (Fsp3) is 0.133. The second-order valence-electron chi connectivity index (χ2n) is 4.05. The van der Waals surface area contributed by atoms with Crippen LogP contribution in [0.4, 0.5) is 0 Å². The molecule has 0 saturated carbocycles. The topological polar surface area (TPSA) is 55.8 Å². The first kappa shape index (κ1) is 14.4. The van der Waals surface area contributed by atoms with Crippen LogP contribution < -0.4 is 9.47 Å². The van der Waals surface area contributed by atoms with Crippen molar-refractivity contribution < 1.29 is 19.4 Å². The van der Waals surface area contributed by atoms with Gasteiger partial charge in [0.25, 0.3) is 0 Å². The van der Waals surface area contributed by atoms with Gasteiger partial charge in [0.1, 0.15) is 23.7 Å². The first-order chi connectivity index (χ1) is 9.61. The Hall–Kier alpha value is -2.01. The van der Waals surface area contributed by atoms with Gasteiger partial charge in [-0.3, -0.25) is 0 Å². The van der Waals surface area contributed by atoms with Crippen LogP contribution in [0.3, 0.4) is 0 Å². The van der Waals surface area contributed by atoms with Crippen molar-refractivity contribution in [3.63, 3.8) is 0 Å². The minimum absolute atomic E-state index is 0.126. The average molecular weight is 337 g/mol. The molecule has 20 heavy (non-hydrogen) atoms. The van der Waals surface area contributed by atoms with Crippen LogP contribution in [0, 0.1) is 0 Å². The summed E-state index contributed by atoms with van der Waals surface area (Å²) in [5.74, 6) is 0.0762. The second kappa shape index (κ2) is 6.43. The van der Waals surface area contributed by atoms with Crippen LogP contribution in [-0.2, 0) is 6.61 Å². The van der Waals surface area contributed by atoms with E-state index in [4.69, 9.17) is 9.47 Å². The van der Waals surface area contributed by atoms with Crippen LogP contribution in [0.5, 0.6) is 11.5 Å². The lowest BCUT2D eigenvalue weighted by molar-refractivity contribution is 0.0690. The number of hydrogen-bond acceptors (Lipinski definition) is 3. The van der Waals surface area contributed by atoms with Crippen molar-refractivity contribution in [3.05, 3.63) is 58.1 Å². The summed E-state index contributed by atoms with van der Waals surface area (Å²) >= 11 is 3.22. The van der Waals surface area contributed by atoms with Crippen LogP contribution in [-0.4, -0.2) is 18.2 Å². The number of ether oxygens (including phenoxy) is 2. The molecule has 5 heteroatoms. The summed E-state index contributed by atoms with van der Waals surface area (Å²) in [5.41, 5.74) is 1.06. The quantitative estimate of drug-likeness (QED) is 0.903. The van der Waals surface area contributed by atoms with Crippen molar-refractivity contribution in [2.75, 3.05) is 7.11 Å². The summed E-state index contributed by atoms with van der Waals surface area (Å²) in [6, 6.07) is 12.4. The lowest BCUT2D eigenvalue weighted by Gasteiger charge is -2.10. The van der Waals surface area contributed by atoms with Crippen LogP contribution in [0.1, 0.15) is 15.9 Å². The van der Waals surface area contributed by atoms with Crippen LogP contribution in [0.15, 0.2) is 46.9 Å². The van der Waals surface area contributed by atoms with Crippen molar-refractivity contribution >= 4 is 21.9 Å². The van der Waals surface area contributed by atoms with Gasteiger partial charge in [0.15, 0.2) is 0 Å². The van der Waals surface area contributed by atoms with Crippen molar-refractivity contribution in [1.29, 1.82) is 0 Å². The summed E-state index contributed by atoms with van der Waals surface area (Å²) in [6.45, 7) is 0.292. The molecule has 0 aliphatic rings. The Kier molecular flexibility index (Phi) is 4.63. The third kappa shape index (κ3) is 3.30. The fourth-order valence-electron chi connectivity index (χ4n) is 1.72. The number of aromatic carboxylic acids is 1. The molecular weight excluding hydrogens is 324 g/mol. The molecule has 0 atom stereocenters. The molecule has 0 aliphatic carbocycles. The number of carboxylic acids is 1. The van der Waals surface area contributed by atoms with E-state index in [1.807, 2.05) is 24.3 Å². The average Bonchev–Trinajstić information content (AvgIpc) is 2.45. The van der Waals surface area contributed by atoms with E-state index in [-0.39, 0.29) is 5.56 Å². The molecule has 0 bridgehead atoms. The summed E-state index contributed by atoms with van der Waals surface area (Å²) in [7, 11) is 1.60. The maximum atomic E-state index is 11.2. The van der Waals surface area contributed by atoms with Gasteiger partial charge in [-0.25, -0.2) is 4.79 Å². The molecule has 0 amide bonds. The first-order valence-corrected chi connectivity index (χ1v) is 6.68. The zero-order chi connectivity index (χ0) is 14.5. The highest BCUT2D eigenvalue weighted by Crippen LogP contribution is 2.27. The predicted molar refractivity (Wildman–Crippen MR) is 78.4 cm³/mol. The van der Waals surface area contributed by atoms with Gasteiger partial charge < -0.3 is 14.6 Å². The summed E-state index contributed by atoms with van der Waals surface area (Å²) in [5, 5.41) is 9.19. The van der Waals surface area contributed by atoms with Gasteiger partial charge >= 0.3 is 5.97 Å². The summed E-state index contributed by atoms with van der Waals surface area (Å²) in [4.78, 5) is 11.2. The van der Waals surface area contributed by atoms with E-state index in [1.165, 1.54) is 0 Å². The molecule has 0 unspecified atom stereocenters. The lowest BCUT2D eigenvalue weighted by Crippen LogP contribution is -2.04. The van der Waals surface area contributed by atoms with E-state index in [9.17, 15) is 9.90 Å². The van der Waals surface area contributed by atoms with Gasteiger partial charge in [-0.15, -0.1) is 0 Å². The molecule has 0 aromatic heterocycles. The van der Waals surface area contributed by atoms with Crippen molar-refractivity contribution in [1.82, 2.24) is 0 Å². The molecule has 0 aliphatic heterocycles. The zero-order valence-electron chi connectivity index (χ0n) is 10.8. The molecule has 2 aromatic carbocycles. The van der Waals surface area contributed by atoms with Gasteiger partial charge in [0.05, 0.1) is 7.11 Å². The monoisotopic (exact) mass is 336 g/mol. The minimum atomic E-state index is -1.03. The molecule has 0 fully saturated rings. The normalized spacial score (nSPS) is 10.1. The van der Waals surface area contributed by atoms with Gasteiger partial charge in [0, 0.05) is 4.47 Å². The maximum Gasteiger partial charge on any atom is 0.340 e. The lowest BCUT2D eigenvalue weighted by atomic mass is 10.2. The largest absolute Gasteiger partial charge is 0.497 e. The number of carbonyl (C=O) groups is 1. The Bertz CT molecular complexity index is 608. The van der Waals surface area contributed by atoms with Gasteiger partial charge in [-0.05, 0) is 45.8 Å². The Balaban J connectivity index is 2.14. The summed E-state index contributed by atoms with van der Waals surface area (Å²) < 4.78 is 11.2. The van der Waals surface area contributed by atoms with Crippen molar-refractivity contribution in [2.45, 2.75) is 6.61 Å².